The third-order valence-corrected chi connectivity index (χ3v) is 6.01. The summed E-state index contributed by atoms with van der Waals surface area (Å²) in [6, 6.07) is 16.1. The fourth-order valence-electron chi connectivity index (χ4n) is 4.25. The van der Waals surface area contributed by atoms with Crippen molar-refractivity contribution in [2.45, 2.75) is 38.5 Å². The van der Waals surface area contributed by atoms with Gasteiger partial charge in [-0.05, 0) is 74.4 Å². The van der Waals surface area contributed by atoms with E-state index in [0.29, 0.717) is 12.1 Å². The number of anilines is 2. The Kier molecular flexibility index (Phi) is 8.34. The summed E-state index contributed by atoms with van der Waals surface area (Å²) in [5.41, 5.74) is 6.81. The summed E-state index contributed by atoms with van der Waals surface area (Å²) in [4.78, 5) is 19.3. The molecule has 2 aromatic carbocycles. The van der Waals surface area contributed by atoms with Gasteiger partial charge in [0.05, 0.1) is 5.52 Å². The number of hydrogen-bond acceptors (Lipinski definition) is 4. The molecule has 0 spiro atoms. The van der Waals surface area contributed by atoms with E-state index in [4.69, 9.17) is 4.98 Å². The van der Waals surface area contributed by atoms with Crippen LogP contribution < -0.4 is 15.5 Å². The highest BCUT2D eigenvalue weighted by Gasteiger charge is 2.17. The lowest BCUT2D eigenvalue weighted by Gasteiger charge is -2.21. The molecular weight excluding hydrogens is 420 g/mol. The van der Waals surface area contributed by atoms with E-state index in [-0.39, 0.29) is 18.3 Å². The summed E-state index contributed by atoms with van der Waals surface area (Å²) in [7, 11) is 3.99. The van der Waals surface area contributed by atoms with Crippen LogP contribution in [0.1, 0.15) is 47.3 Å². The zero-order valence-corrected chi connectivity index (χ0v) is 19.8. The molecule has 6 heteroatoms. The Labute approximate surface area is 197 Å². The molecule has 0 saturated carbocycles. The van der Waals surface area contributed by atoms with Crippen molar-refractivity contribution in [3.05, 3.63) is 65.4 Å². The quantitative estimate of drug-likeness (QED) is 0.460. The molecule has 0 bridgehead atoms. The largest absolute Gasteiger partial charge is 0.384 e. The average Bonchev–Trinajstić information content (AvgIpc) is 2.80. The van der Waals surface area contributed by atoms with Gasteiger partial charge in [0.25, 0.3) is 5.91 Å². The Morgan fingerprint density at radius 3 is 2.47 bits per heavy atom. The number of rotatable bonds is 8. The molecule has 1 amide bonds. The van der Waals surface area contributed by atoms with E-state index in [9.17, 15) is 4.79 Å². The number of aromatic nitrogens is 1. The smallest absolute Gasteiger partial charge is 0.251 e. The number of nitrogens with zero attached hydrogens (tertiary/aromatic N) is 2. The summed E-state index contributed by atoms with van der Waals surface area (Å²) < 4.78 is 0. The first kappa shape index (κ1) is 23.9. The molecule has 0 aliphatic heterocycles. The molecule has 3 aromatic rings. The monoisotopic (exact) mass is 452 g/mol. The Morgan fingerprint density at radius 1 is 0.969 bits per heavy atom. The highest BCUT2D eigenvalue weighted by atomic mass is 35.5. The number of carbonyl (C=O) groups excluding carboxylic acids is 1. The topological polar surface area (TPSA) is 57.3 Å². The van der Waals surface area contributed by atoms with Gasteiger partial charge < -0.3 is 15.5 Å². The van der Waals surface area contributed by atoms with Crippen LogP contribution in [0.25, 0.3) is 10.9 Å². The molecule has 2 N–H and O–H groups in total. The average molecular weight is 453 g/mol. The predicted octanol–water partition coefficient (Wildman–Crippen LogP) is 5.22. The van der Waals surface area contributed by atoms with Crippen LogP contribution in [-0.2, 0) is 12.8 Å². The Bertz CT molecular complexity index is 1050. The Balaban J connectivity index is 0.00000289. The molecule has 1 aliphatic carbocycles. The van der Waals surface area contributed by atoms with E-state index in [2.05, 4.69) is 34.9 Å². The van der Waals surface area contributed by atoms with Crippen LogP contribution in [0.3, 0.4) is 0 Å². The van der Waals surface area contributed by atoms with E-state index in [0.717, 1.165) is 43.4 Å². The number of para-hydroxylation sites is 1. The number of unbranched alkanes of at least 4 members (excludes halogenated alkanes) is 1. The van der Waals surface area contributed by atoms with Crippen LogP contribution in [-0.4, -0.2) is 38.1 Å². The van der Waals surface area contributed by atoms with Gasteiger partial charge in [0, 0.05) is 55.2 Å². The molecule has 0 fully saturated rings. The molecule has 0 radical (unpaired) electrons. The third kappa shape index (κ3) is 5.52. The van der Waals surface area contributed by atoms with Gasteiger partial charge in [0.15, 0.2) is 0 Å². The molecular formula is C26H33ClN4O. The van der Waals surface area contributed by atoms with Gasteiger partial charge in [-0.15, -0.1) is 12.4 Å². The van der Waals surface area contributed by atoms with Crippen molar-refractivity contribution in [1.82, 2.24) is 10.3 Å². The number of benzene rings is 2. The minimum Gasteiger partial charge on any atom is -0.384 e. The predicted molar refractivity (Wildman–Crippen MR) is 136 cm³/mol. The maximum Gasteiger partial charge on any atom is 0.251 e. The van der Waals surface area contributed by atoms with Crippen LogP contribution in [0.4, 0.5) is 11.4 Å². The Morgan fingerprint density at radius 2 is 1.69 bits per heavy atom. The fraction of sp³-hybridized carbons (Fsp3) is 0.385. The highest BCUT2D eigenvalue weighted by molar-refractivity contribution is 5.94. The summed E-state index contributed by atoms with van der Waals surface area (Å²) >= 11 is 0. The summed E-state index contributed by atoms with van der Waals surface area (Å²) in [6.45, 7) is 1.58. The normalized spacial score (nSPS) is 12.6. The molecule has 170 valence electrons. The van der Waals surface area contributed by atoms with Crippen LogP contribution >= 0.6 is 12.4 Å². The van der Waals surface area contributed by atoms with Gasteiger partial charge in [-0.25, -0.2) is 0 Å². The molecule has 1 heterocycles. The van der Waals surface area contributed by atoms with Crippen molar-refractivity contribution < 1.29 is 4.79 Å². The maximum atomic E-state index is 12.3. The van der Waals surface area contributed by atoms with Gasteiger partial charge in [-0.3, -0.25) is 9.78 Å². The number of amides is 1. The third-order valence-electron chi connectivity index (χ3n) is 6.01. The van der Waals surface area contributed by atoms with E-state index < -0.39 is 0 Å². The minimum absolute atomic E-state index is 0. The molecule has 0 unspecified atom stereocenters. The van der Waals surface area contributed by atoms with Gasteiger partial charge in [-0.2, -0.15) is 0 Å². The molecule has 1 aliphatic rings. The van der Waals surface area contributed by atoms with Crippen molar-refractivity contribution in [2.24, 2.45) is 0 Å². The number of aryl methyl sites for hydroxylation is 1. The standard InChI is InChI=1S/C26H32N4O.ClH/c1-30(2)20-15-13-19(14-16-20)26(31)28-18-8-7-17-27-25-21-9-3-5-11-23(21)29-24-12-6-4-10-22(24)25;/h3,5,9,11,13-16H,4,6-8,10,12,17-18H2,1-2H3,(H,27,29)(H,28,31);1H. The zero-order chi connectivity index (χ0) is 21.6. The number of nitrogens with one attached hydrogen (secondary N) is 2. The second-order valence-corrected chi connectivity index (χ2v) is 8.47. The molecule has 0 atom stereocenters. The summed E-state index contributed by atoms with van der Waals surface area (Å²) in [6.07, 6.45) is 6.61. The van der Waals surface area contributed by atoms with Gasteiger partial charge in [0.1, 0.15) is 0 Å². The van der Waals surface area contributed by atoms with E-state index in [1.807, 2.05) is 43.3 Å². The van der Waals surface area contributed by atoms with E-state index in [1.165, 1.54) is 35.2 Å². The molecule has 32 heavy (non-hydrogen) atoms. The van der Waals surface area contributed by atoms with Crippen molar-refractivity contribution in [2.75, 3.05) is 37.4 Å². The molecule has 1 aromatic heterocycles. The SMILES string of the molecule is CN(C)c1ccc(C(=O)NCCCCNc2c3c(nc4ccccc24)CCCC3)cc1.Cl. The fourth-order valence-corrected chi connectivity index (χ4v) is 4.25. The lowest BCUT2D eigenvalue weighted by molar-refractivity contribution is 0.0953. The maximum absolute atomic E-state index is 12.3. The Hall–Kier alpha value is -2.79. The first-order chi connectivity index (χ1) is 15.1. The van der Waals surface area contributed by atoms with Gasteiger partial charge in [0.2, 0.25) is 0 Å². The first-order valence-electron chi connectivity index (χ1n) is 11.3. The van der Waals surface area contributed by atoms with Crippen molar-refractivity contribution in [1.29, 1.82) is 0 Å². The number of fused-ring (bicyclic) bond motifs is 2. The number of halogens is 1. The lowest BCUT2D eigenvalue weighted by atomic mass is 9.92. The first-order valence-corrected chi connectivity index (χ1v) is 11.3. The zero-order valence-electron chi connectivity index (χ0n) is 19.0. The molecule has 5 nitrogen and oxygen atoms in total. The van der Waals surface area contributed by atoms with Crippen LogP contribution in [0.15, 0.2) is 48.5 Å². The van der Waals surface area contributed by atoms with Crippen LogP contribution in [0.2, 0.25) is 0 Å². The molecule has 0 saturated heterocycles. The van der Waals surface area contributed by atoms with Crippen molar-refractivity contribution in [3.8, 4) is 0 Å². The second-order valence-electron chi connectivity index (χ2n) is 8.47. The lowest BCUT2D eigenvalue weighted by Crippen LogP contribution is -2.25. The number of pyridine rings is 1. The minimum atomic E-state index is -0.00698. The van der Waals surface area contributed by atoms with Crippen molar-refractivity contribution >= 4 is 40.6 Å². The van der Waals surface area contributed by atoms with Crippen LogP contribution in [0.5, 0.6) is 0 Å². The van der Waals surface area contributed by atoms with Crippen molar-refractivity contribution in [3.63, 3.8) is 0 Å². The second kappa shape index (κ2) is 11.2. The van der Waals surface area contributed by atoms with E-state index >= 15 is 0 Å². The highest BCUT2D eigenvalue weighted by Crippen LogP contribution is 2.33. The summed E-state index contributed by atoms with van der Waals surface area (Å²) in [5.74, 6) is -0.00698. The number of carbonyl (C=O) groups is 1. The molecule has 4 rings (SSSR count). The van der Waals surface area contributed by atoms with Gasteiger partial charge >= 0.3 is 0 Å². The van der Waals surface area contributed by atoms with E-state index in [1.54, 1.807) is 0 Å². The van der Waals surface area contributed by atoms with Gasteiger partial charge in [-0.1, -0.05) is 18.2 Å². The summed E-state index contributed by atoms with van der Waals surface area (Å²) in [5, 5.41) is 7.95. The van der Waals surface area contributed by atoms with Crippen LogP contribution in [0, 0.1) is 0 Å². The number of hydrogen-bond donors (Lipinski definition) is 2.